The number of carbonyl (C=O) groups excluding carboxylic acids is 1. The lowest BCUT2D eigenvalue weighted by Gasteiger charge is -2.26. The van der Waals surface area contributed by atoms with Gasteiger partial charge in [0.15, 0.2) is 0 Å². The molecule has 0 saturated carbocycles. The highest BCUT2D eigenvalue weighted by Gasteiger charge is 2.23. The summed E-state index contributed by atoms with van der Waals surface area (Å²) in [4.78, 5) is 13.9. The summed E-state index contributed by atoms with van der Waals surface area (Å²) in [6, 6.07) is 11.7. The number of hydrogen-bond acceptors (Lipinski definition) is 3. The number of likely N-dealkylation sites (N-methyl/N-ethyl adjacent to an activating group) is 1. The van der Waals surface area contributed by atoms with E-state index in [-0.39, 0.29) is 18.3 Å². The van der Waals surface area contributed by atoms with Gasteiger partial charge in [0.25, 0.3) is 5.91 Å². The number of hydrogen-bond donors (Lipinski definition) is 0. The molecule has 24 heavy (non-hydrogen) atoms. The molecule has 0 spiro atoms. The summed E-state index contributed by atoms with van der Waals surface area (Å²) < 4.78 is 34.4. The minimum atomic E-state index is -2.83. The molecule has 0 unspecified atom stereocenters. The molecule has 0 aromatic heterocycles. The van der Waals surface area contributed by atoms with Crippen molar-refractivity contribution in [3.05, 3.63) is 59.2 Å². The first-order chi connectivity index (χ1) is 11.5. The molecular formula is C18H17F2NO3. The van der Waals surface area contributed by atoms with E-state index in [1.165, 1.54) is 12.1 Å². The van der Waals surface area contributed by atoms with Gasteiger partial charge in [-0.15, -0.1) is 0 Å². The van der Waals surface area contributed by atoms with Gasteiger partial charge in [-0.3, -0.25) is 4.79 Å². The third kappa shape index (κ3) is 3.48. The third-order valence-corrected chi connectivity index (χ3v) is 3.95. The summed E-state index contributed by atoms with van der Waals surface area (Å²) in [5, 5.41) is 0. The van der Waals surface area contributed by atoms with E-state index in [1.807, 2.05) is 6.07 Å². The summed E-state index contributed by atoms with van der Waals surface area (Å²) in [7, 11) is 1.78. The Labute approximate surface area is 138 Å². The Bertz CT molecular complexity index is 732. The zero-order valence-electron chi connectivity index (χ0n) is 13.2. The Morgan fingerprint density at radius 2 is 1.92 bits per heavy atom. The number of rotatable bonds is 5. The highest BCUT2D eigenvalue weighted by Crippen LogP contribution is 2.28. The molecule has 0 radical (unpaired) electrons. The molecule has 1 aliphatic heterocycles. The van der Waals surface area contributed by atoms with Crippen molar-refractivity contribution in [2.75, 3.05) is 13.6 Å². The molecule has 3 rings (SSSR count). The molecule has 0 saturated heterocycles. The van der Waals surface area contributed by atoms with Crippen LogP contribution in [0.2, 0.25) is 0 Å². The van der Waals surface area contributed by atoms with Crippen molar-refractivity contribution >= 4 is 5.91 Å². The highest BCUT2D eigenvalue weighted by molar-refractivity contribution is 5.97. The van der Waals surface area contributed by atoms with Gasteiger partial charge < -0.3 is 14.4 Å². The maximum absolute atomic E-state index is 12.2. The number of benzene rings is 2. The Kier molecular flexibility index (Phi) is 4.64. The van der Waals surface area contributed by atoms with E-state index >= 15 is 0 Å². The minimum absolute atomic E-state index is 0.00444. The largest absolute Gasteiger partial charge is 0.489 e. The fourth-order valence-electron chi connectivity index (χ4n) is 2.67. The summed E-state index contributed by atoms with van der Waals surface area (Å²) in [5.41, 5.74) is 2.41. The summed E-state index contributed by atoms with van der Waals surface area (Å²) in [6.45, 7) is -1.89. The first-order valence-electron chi connectivity index (χ1n) is 7.58. The van der Waals surface area contributed by atoms with E-state index in [0.29, 0.717) is 17.9 Å². The predicted molar refractivity (Wildman–Crippen MR) is 84.5 cm³/mol. The summed E-state index contributed by atoms with van der Waals surface area (Å²) >= 11 is 0. The van der Waals surface area contributed by atoms with Crippen LogP contribution in [0.1, 0.15) is 21.5 Å². The standard InChI is InChI=1S/C18H17F2NO3/c1-21-10-9-14-15(17(21)22)3-2-4-16(14)23-11-12-5-7-13(8-6-12)24-18(19)20/h2-8,18H,9-11H2,1H3. The van der Waals surface area contributed by atoms with Crippen molar-refractivity contribution in [1.29, 1.82) is 0 Å². The number of carbonyl (C=O) groups is 1. The summed E-state index contributed by atoms with van der Waals surface area (Å²) in [5.74, 6) is 0.788. The zero-order valence-corrected chi connectivity index (χ0v) is 13.2. The van der Waals surface area contributed by atoms with E-state index < -0.39 is 6.61 Å². The minimum Gasteiger partial charge on any atom is -0.489 e. The van der Waals surface area contributed by atoms with Crippen molar-refractivity contribution in [2.45, 2.75) is 19.6 Å². The number of amides is 1. The first kappa shape index (κ1) is 16.2. The van der Waals surface area contributed by atoms with Crippen molar-refractivity contribution < 1.29 is 23.0 Å². The summed E-state index contributed by atoms with van der Waals surface area (Å²) in [6.07, 6.45) is 0.745. The SMILES string of the molecule is CN1CCc2c(OCc3ccc(OC(F)F)cc3)cccc2C1=O. The second kappa shape index (κ2) is 6.86. The van der Waals surface area contributed by atoms with E-state index in [0.717, 1.165) is 17.5 Å². The topological polar surface area (TPSA) is 38.8 Å². The Morgan fingerprint density at radius 1 is 1.17 bits per heavy atom. The third-order valence-electron chi connectivity index (χ3n) is 3.95. The molecule has 0 aliphatic carbocycles. The molecule has 0 fully saturated rings. The quantitative estimate of drug-likeness (QED) is 0.841. The number of alkyl halides is 2. The smallest absolute Gasteiger partial charge is 0.387 e. The van der Waals surface area contributed by atoms with Gasteiger partial charge in [-0.1, -0.05) is 18.2 Å². The van der Waals surface area contributed by atoms with Crippen LogP contribution in [0, 0.1) is 0 Å². The molecular weight excluding hydrogens is 316 g/mol. The van der Waals surface area contributed by atoms with Crippen LogP contribution in [-0.2, 0) is 13.0 Å². The Hall–Kier alpha value is -2.63. The van der Waals surface area contributed by atoms with Crippen LogP contribution in [0.4, 0.5) is 8.78 Å². The van der Waals surface area contributed by atoms with Gasteiger partial charge in [0.05, 0.1) is 0 Å². The molecule has 0 atom stereocenters. The van der Waals surface area contributed by atoms with Gasteiger partial charge in [-0.05, 0) is 36.2 Å². The normalized spacial score (nSPS) is 13.8. The molecule has 6 heteroatoms. The highest BCUT2D eigenvalue weighted by atomic mass is 19.3. The average Bonchev–Trinajstić information content (AvgIpc) is 2.57. The van der Waals surface area contributed by atoms with E-state index in [2.05, 4.69) is 4.74 Å². The fraction of sp³-hybridized carbons (Fsp3) is 0.278. The average molecular weight is 333 g/mol. The number of fused-ring (bicyclic) bond motifs is 1. The Morgan fingerprint density at radius 3 is 2.62 bits per heavy atom. The molecule has 2 aromatic rings. The van der Waals surface area contributed by atoms with Gasteiger partial charge in [-0.25, -0.2) is 0 Å². The van der Waals surface area contributed by atoms with Crippen molar-refractivity contribution in [3.63, 3.8) is 0 Å². The van der Waals surface area contributed by atoms with Crippen LogP contribution in [0.3, 0.4) is 0 Å². The van der Waals surface area contributed by atoms with Crippen LogP contribution in [0.5, 0.6) is 11.5 Å². The maximum Gasteiger partial charge on any atom is 0.387 e. The van der Waals surface area contributed by atoms with Crippen molar-refractivity contribution in [3.8, 4) is 11.5 Å². The van der Waals surface area contributed by atoms with E-state index in [9.17, 15) is 13.6 Å². The fourth-order valence-corrected chi connectivity index (χ4v) is 2.67. The van der Waals surface area contributed by atoms with E-state index in [4.69, 9.17) is 4.74 Å². The van der Waals surface area contributed by atoms with Gasteiger partial charge in [0, 0.05) is 24.7 Å². The van der Waals surface area contributed by atoms with E-state index in [1.54, 1.807) is 36.2 Å². The van der Waals surface area contributed by atoms with Gasteiger partial charge in [-0.2, -0.15) is 8.78 Å². The predicted octanol–water partition coefficient (Wildman–Crippen LogP) is 3.50. The van der Waals surface area contributed by atoms with Crippen LogP contribution in [0.25, 0.3) is 0 Å². The monoisotopic (exact) mass is 333 g/mol. The number of halogens is 2. The zero-order chi connectivity index (χ0) is 17.1. The van der Waals surface area contributed by atoms with Crippen LogP contribution < -0.4 is 9.47 Å². The number of nitrogens with zero attached hydrogens (tertiary/aromatic N) is 1. The van der Waals surface area contributed by atoms with Crippen molar-refractivity contribution in [1.82, 2.24) is 4.90 Å². The lowest BCUT2D eigenvalue weighted by atomic mass is 9.98. The molecule has 0 N–H and O–H groups in total. The molecule has 0 bridgehead atoms. The van der Waals surface area contributed by atoms with Crippen LogP contribution in [0.15, 0.2) is 42.5 Å². The molecule has 4 nitrogen and oxygen atoms in total. The second-order valence-electron chi connectivity index (χ2n) is 5.57. The van der Waals surface area contributed by atoms with Crippen LogP contribution in [-0.4, -0.2) is 31.0 Å². The molecule has 1 amide bonds. The Balaban J connectivity index is 1.70. The molecule has 2 aromatic carbocycles. The number of ether oxygens (including phenoxy) is 2. The van der Waals surface area contributed by atoms with Crippen LogP contribution >= 0.6 is 0 Å². The molecule has 1 aliphatic rings. The lowest BCUT2D eigenvalue weighted by Crippen LogP contribution is -2.34. The van der Waals surface area contributed by atoms with Crippen molar-refractivity contribution in [2.24, 2.45) is 0 Å². The van der Waals surface area contributed by atoms with Gasteiger partial charge in [0.2, 0.25) is 0 Å². The molecule has 126 valence electrons. The lowest BCUT2D eigenvalue weighted by molar-refractivity contribution is -0.0498. The molecule has 1 heterocycles. The van der Waals surface area contributed by atoms with Gasteiger partial charge >= 0.3 is 6.61 Å². The second-order valence-corrected chi connectivity index (χ2v) is 5.57. The van der Waals surface area contributed by atoms with Gasteiger partial charge in [0.1, 0.15) is 18.1 Å². The maximum atomic E-state index is 12.2. The first-order valence-corrected chi connectivity index (χ1v) is 7.58.